The Bertz CT molecular complexity index is 711. The Hall–Kier alpha value is -2.36. The van der Waals surface area contributed by atoms with Gasteiger partial charge in [-0.2, -0.15) is 0 Å². The molecule has 0 aliphatic carbocycles. The number of benzene rings is 1. The van der Waals surface area contributed by atoms with Gasteiger partial charge in [-0.3, -0.25) is 4.79 Å². The summed E-state index contributed by atoms with van der Waals surface area (Å²) in [6.45, 7) is 5.98. The minimum Gasteiger partial charge on any atom is -0.423 e. The normalized spacial score (nSPS) is 11.1. The summed E-state index contributed by atoms with van der Waals surface area (Å²) < 4.78 is 5.10. The van der Waals surface area contributed by atoms with Crippen LogP contribution >= 0.6 is 0 Å². The summed E-state index contributed by atoms with van der Waals surface area (Å²) in [6, 6.07) is 8.24. The first kappa shape index (κ1) is 15.0. The number of carbonyl (C=O) groups is 1. The second-order valence-electron chi connectivity index (χ2n) is 4.74. The zero-order valence-electron chi connectivity index (χ0n) is 12.3. The molecule has 1 heterocycles. The van der Waals surface area contributed by atoms with Crippen molar-refractivity contribution >= 4 is 16.8 Å². The van der Waals surface area contributed by atoms with Gasteiger partial charge < -0.3 is 9.32 Å². The first-order chi connectivity index (χ1) is 10.1. The van der Waals surface area contributed by atoms with Gasteiger partial charge in [0.2, 0.25) is 0 Å². The van der Waals surface area contributed by atoms with E-state index in [0.717, 1.165) is 18.5 Å². The zero-order valence-corrected chi connectivity index (χ0v) is 12.3. The maximum Gasteiger partial charge on any atom is 0.336 e. The fourth-order valence-corrected chi connectivity index (χ4v) is 2.10. The van der Waals surface area contributed by atoms with Crippen LogP contribution in [0.4, 0.5) is 0 Å². The molecule has 21 heavy (non-hydrogen) atoms. The van der Waals surface area contributed by atoms with Crippen LogP contribution in [-0.2, 0) is 0 Å². The Morgan fingerprint density at radius 2 is 1.90 bits per heavy atom. The Morgan fingerprint density at radius 1 is 1.19 bits per heavy atom. The van der Waals surface area contributed by atoms with E-state index in [2.05, 4.69) is 18.7 Å². The molecule has 0 amide bonds. The van der Waals surface area contributed by atoms with E-state index in [0.29, 0.717) is 17.6 Å². The quantitative estimate of drug-likeness (QED) is 0.604. The average Bonchev–Trinajstić information content (AvgIpc) is 2.50. The molecule has 0 bridgehead atoms. The molecule has 0 atom stereocenters. The van der Waals surface area contributed by atoms with Crippen LogP contribution in [0.15, 0.2) is 51.8 Å². The minimum absolute atomic E-state index is 0.00630. The highest BCUT2D eigenvalue weighted by Crippen LogP contribution is 2.15. The topological polar surface area (TPSA) is 50.5 Å². The molecule has 0 saturated carbocycles. The van der Waals surface area contributed by atoms with Gasteiger partial charge in [-0.15, -0.1) is 0 Å². The van der Waals surface area contributed by atoms with Crippen LogP contribution in [0.2, 0.25) is 0 Å². The predicted molar refractivity (Wildman–Crippen MR) is 83.5 cm³/mol. The molecule has 0 fully saturated rings. The van der Waals surface area contributed by atoms with E-state index in [1.54, 1.807) is 24.3 Å². The molecule has 0 spiro atoms. The molecule has 4 heteroatoms. The molecule has 0 aliphatic rings. The molecule has 0 radical (unpaired) electrons. The van der Waals surface area contributed by atoms with Crippen molar-refractivity contribution in [1.82, 2.24) is 4.90 Å². The largest absolute Gasteiger partial charge is 0.423 e. The third kappa shape index (κ3) is 3.81. The van der Waals surface area contributed by atoms with E-state index in [4.69, 9.17) is 4.42 Å². The summed E-state index contributed by atoms with van der Waals surface area (Å²) in [5.41, 5.74) is 0.593. The van der Waals surface area contributed by atoms with Crippen LogP contribution in [0.1, 0.15) is 30.6 Å². The summed E-state index contributed by atoms with van der Waals surface area (Å²) in [6.07, 6.45) is 4.14. The molecule has 1 aromatic carbocycles. The molecule has 110 valence electrons. The Labute approximate surface area is 123 Å². The van der Waals surface area contributed by atoms with E-state index in [1.165, 1.54) is 6.07 Å². The maximum atomic E-state index is 12.1. The van der Waals surface area contributed by atoms with Crippen molar-refractivity contribution in [3.05, 3.63) is 58.6 Å². The third-order valence-electron chi connectivity index (χ3n) is 3.38. The lowest BCUT2D eigenvalue weighted by Gasteiger charge is -2.14. The molecule has 2 aromatic rings. The van der Waals surface area contributed by atoms with Gasteiger partial charge in [0.1, 0.15) is 5.58 Å². The number of hydrogen-bond donors (Lipinski definition) is 0. The van der Waals surface area contributed by atoms with Crippen molar-refractivity contribution in [2.24, 2.45) is 0 Å². The van der Waals surface area contributed by atoms with Crippen molar-refractivity contribution < 1.29 is 9.21 Å². The predicted octanol–water partition coefficient (Wildman–Crippen LogP) is 3.22. The second-order valence-corrected chi connectivity index (χ2v) is 4.74. The fraction of sp³-hybridized carbons (Fsp3) is 0.294. The smallest absolute Gasteiger partial charge is 0.336 e. The van der Waals surface area contributed by atoms with E-state index in [1.807, 2.05) is 12.3 Å². The summed E-state index contributed by atoms with van der Waals surface area (Å²) in [7, 11) is 0. The van der Waals surface area contributed by atoms with Gasteiger partial charge >= 0.3 is 5.63 Å². The van der Waals surface area contributed by atoms with Gasteiger partial charge in [0.25, 0.3) is 0 Å². The molecule has 4 nitrogen and oxygen atoms in total. The lowest BCUT2D eigenvalue weighted by Crippen LogP contribution is -2.15. The first-order valence-corrected chi connectivity index (χ1v) is 7.12. The average molecular weight is 285 g/mol. The second kappa shape index (κ2) is 6.88. The lowest BCUT2D eigenvalue weighted by atomic mass is 10.1. The maximum absolute atomic E-state index is 12.1. The van der Waals surface area contributed by atoms with Crippen LogP contribution in [0.3, 0.4) is 0 Å². The van der Waals surface area contributed by atoms with Gasteiger partial charge in [-0.1, -0.05) is 18.2 Å². The van der Waals surface area contributed by atoms with Gasteiger partial charge in [-0.25, -0.2) is 4.79 Å². The van der Waals surface area contributed by atoms with Crippen molar-refractivity contribution in [2.45, 2.75) is 20.3 Å². The Morgan fingerprint density at radius 3 is 2.62 bits per heavy atom. The standard InChI is InChI=1S/C17H19NO3/c1-3-18(4-2)11-5-6-15(19)14-8-7-13-9-10-17(20)21-16(13)12-14/h5,7-12H,3-4,6H2,1-2H3. The zero-order chi connectivity index (χ0) is 15.2. The highest BCUT2D eigenvalue weighted by Gasteiger charge is 2.06. The fourth-order valence-electron chi connectivity index (χ4n) is 2.10. The van der Waals surface area contributed by atoms with E-state index in [9.17, 15) is 9.59 Å². The van der Waals surface area contributed by atoms with E-state index >= 15 is 0 Å². The van der Waals surface area contributed by atoms with Gasteiger partial charge in [-0.05, 0) is 32.2 Å². The summed E-state index contributed by atoms with van der Waals surface area (Å²) in [5.74, 6) is 0.00630. The number of allylic oxidation sites excluding steroid dienone is 1. The molecule has 1 aromatic heterocycles. The van der Waals surface area contributed by atoms with Crippen LogP contribution < -0.4 is 5.63 Å². The van der Waals surface area contributed by atoms with Gasteiger partial charge in [0.05, 0.1) is 0 Å². The minimum atomic E-state index is -0.409. The van der Waals surface area contributed by atoms with Crippen molar-refractivity contribution in [3.63, 3.8) is 0 Å². The molecular weight excluding hydrogens is 266 g/mol. The number of carbonyl (C=O) groups excluding carboxylic acids is 1. The van der Waals surface area contributed by atoms with Crippen LogP contribution in [-0.4, -0.2) is 23.8 Å². The van der Waals surface area contributed by atoms with Gasteiger partial charge in [0.15, 0.2) is 5.78 Å². The highest BCUT2D eigenvalue weighted by atomic mass is 16.4. The first-order valence-electron chi connectivity index (χ1n) is 7.12. The highest BCUT2D eigenvalue weighted by molar-refractivity contribution is 5.99. The molecule has 0 saturated heterocycles. The number of fused-ring (bicyclic) bond motifs is 1. The van der Waals surface area contributed by atoms with Gasteiger partial charge in [0, 0.05) is 36.5 Å². The van der Waals surface area contributed by atoms with Crippen molar-refractivity contribution in [3.8, 4) is 0 Å². The SMILES string of the molecule is CCN(C=CCC(=O)c1ccc2ccc(=O)oc2c1)CC. The number of Topliss-reactive ketones (excluding diaryl/α,β-unsaturated/α-hetero) is 1. The number of hydrogen-bond acceptors (Lipinski definition) is 4. The lowest BCUT2D eigenvalue weighted by molar-refractivity contribution is 0.0995. The monoisotopic (exact) mass is 285 g/mol. The van der Waals surface area contributed by atoms with Crippen LogP contribution in [0, 0.1) is 0 Å². The number of rotatable bonds is 6. The third-order valence-corrected chi connectivity index (χ3v) is 3.38. The summed E-state index contributed by atoms with van der Waals surface area (Å²) in [5, 5.41) is 0.810. The number of nitrogens with zero attached hydrogens (tertiary/aromatic N) is 1. The number of ketones is 1. The molecular formula is C17H19NO3. The van der Waals surface area contributed by atoms with Crippen LogP contribution in [0.25, 0.3) is 11.0 Å². The Kier molecular flexibility index (Phi) is 4.93. The van der Waals surface area contributed by atoms with Crippen LogP contribution in [0.5, 0.6) is 0 Å². The van der Waals surface area contributed by atoms with E-state index < -0.39 is 5.63 Å². The summed E-state index contributed by atoms with van der Waals surface area (Å²) in [4.78, 5) is 25.5. The van der Waals surface area contributed by atoms with Crippen molar-refractivity contribution in [2.75, 3.05) is 13.1 Å². The van der Waals surface area contributed by atoms with E-state index in [-0.39, 0.29) is 5.78 Å². The molecule has 0 unspecified atom stereocenters. The molecule has 2 rings (SSSR count). The summed E-state index contributed by atoms with van der Waals surface area (Å²) >= 11 is 0. The molecule has 0 aliphatic heterocycles. The molecule has 0 N–H and O–H groups in total. The Balaban J connectivity index is 2.14. The van der Waals surface area contributed by atoms with Crippen molar-refractivity contribution in [1.29, 1.82) is 0 Å².